The molecule has 0 saturated heterocycles. The van der Waals surface area contributed by atoms with Crippen LogP contribution in [-0.2, 0) is 0 Å². The third-order valence-electron chi connectivity index (χ3n) is 2.98. The Morgan fingerprint density at radius 3 is 2.62 bits per heavy atom. The summed E-state index contributed by atoms with van der Waals surface area (Å²) in [6.07, 6.45) is 0.654. The molecule has 3 aromatic rings. The first kappa shape index (κ1) is 13.1. The van der Waals surface area contributed by atoms with Gasteiger partial charge in [0.05, 0.1) is 12.7 Å². The van der Waals surface area contributed by atoms with Gasteiger partial charge in [0.15, 0.2) is 12.0 Å². The summed E-state index contributed by atoms with van der Waals surface area (Å²) in [6, 6.07) is 8.74. The number of methoxy groups -OCH3 is 1. The second-order valence-corrected chi connectivity index (χ2v) is 4.36. The molecule has 0 bridgehead atoms. The Hall–Kier alpha value is -2.89. The summed E-state index contributed by atoms with van der Waals surface area (Å²) in [5.41, 5.74) is 1.45. The maximum Gasteiger partial charge on any atom is 0.247 e. The predicted molar refractivity (Wildman–Crippen MR) is 74.1 cm³/mol. The van der Waals surface area contributed by atoms with Crippen molar-refractivity contribution in [1.82, 2.24) is 10.2 Å². The Morgan fingerprint density at radius 1 is 1.14 bits per heavy atom. The van der Waals surface area contributed by atoms with E-state index in [-0.39, 0.29) is 5.76 Å². The number of carbonyl (C=O) groups excluding carboxylic acids is 1. The van der Waals surface area contributed by atoms with Crippen LogP contribution in [0.3, 0.4) is 0 Å². The summed E-state index contributed by atoms with van der Waals surface area (Å²) < 4.78 is 16.2. The lowest BCUT2D eigenvalue weighted by Gasteiger charge is -2.07. The lowest BCUT2D eigenvalue weighted by Crippen LogP contribution is -1.88. The minimum atomic E-state index is 0.256. The van der Waals surface area contributed by atoms with Gasteiger partial charge in [0.1, 0.15) is 11.5 Å². The fourth-order valence-electron chi connectivity index (χ4n) is 2.01. The van der Waals surface area contributed by atoms with Gasteiger partial charge >= 0.3 is 0 Å². The van der Waals surface area contributed by atoms with Crippen LogP contribution in [0.5, 0.6) is 5.75 Å². The van der Waals surface area contributed by atoms with Crippen LogP contribution in [0.4, 0.5) is 0 Å². The number of hydrogen-bond acceptors (Lipinski definition) is 6. The van der Waals surface area contributed by atoms with Gasteiger partial charge < -0.3 is 13.6 Å². The molecule has 1 aromatic carbocycles. The van der Waals surface area contributed by atoms with Crippen LogP contribution in [0, 0.1) is 6.92 Å². The van der Waals surface area contributed by atoms with Crippen LogP contribution in [-0.4, -0.2) is 23.6 Å². The quantitative estimate of drug-likeness (QED) is 0.685. The molecule has 2 heterocycles. The smallest absolute Gasteiger partial charge is 0.247 e. The van der Waals surface area contributed by atoms with E-state index < -0.39 is 0 Å². The number of carbonyl (C=O) groups is 1. The maximum absolute atomic E-state index is 10.7. The summed E-state index contributed by atoms with van der Waals surface area (Å²) >= 11 is 0. The Morgan fingerprint density at radius 2 is 2.00 bits per heavy atom. The van der Waals surface area contributed by atoms with E-state index in [2.05, 4.69) is 10.2 Å². The zero-order valence-electron chi connectivity index (χ0n) is 11.5. The van der Waals surface area contributed by atoms with Crippen molar-refractivity contribution in [2.24, 2.45) is 0 Å². The largest absolute Gasteiger partial charge is 0.496 e. The molecule has 0 radical (unpaired) electrons. The Kier molecular flexibility index (Phi) is 3.27. The second-order valence-electron chi connectivity index (χ2n) is 4.36. The number of hydrogen-bond donors (Lipinski definition) is 0. The van der Waals surface area contributed by atoms with E-state index in [1.165, 1.54) is 0 Å². The van der Waals surface area contributed by atoms with Crippen molar-refractivity contribution in [3.8, 4) is 28.5 Å². The molecule has 6 nitrogen and oxygen atoms in total. The van der Waals surface area contributed by atoms with E-state index in [1.807, 2.05) is 12.1 Å². The molecule has 0 aliphatic carbocycles. The molecule has 0 amide bonds. The van der Waals surface area contributed by atoms with E-state index in [9.17, 15) is 4.79 Å². The molecule has 0 atom stereocenters. The zero-order chi connectivity index (χ0) is 14.8. The molecule has 106 valence electrons. The fourth-order valence-corrected chi connectivity index (χ4v) is 2.01. The van der Waals surface area contributed by atoms with Gasteiger partial charge in [0, 0.05) is 12.5 Å². The second kappa shape index (κ2) is 5.24. The van der Waals surface area contributed by atoms with Gasteiger partial charge in [-0.1, -0.05) is 0 Å². The number of benzene rings is 1. The number of furan rings is 1. The molecule has 0 saturated carbocycles. The van der Waals surface area contributed by atoms with E-state index >= 15 is 0 Å². The van der Waals surface area contributed by atoms with Gasteiger partial charge in [-0.05, 0) is 30.3 Å². The van der Waals surface area contributed by atoms with Gasteiger partial charge in [-0.2, -0.15) is 0 Å². The van der Waals surface area contributed by atoms with Crippen LogP contribution in [0.2, 0.25) is 0 Å². The molecular formula is C15H12N2O4. The monoisotopic (exact) mass is 284 g/mol. The van der Waals surface area contributed by atoms with Crippen LogP contribution in [0.1, 0.15) is 16.4 Å². The number of ether oxygens (including phenoxy) is 1. The van der Waals surface area contributed by atoms with Crippen molar-refractivity contribution in [3.63, 3.8) is 0 Å². The molecule has 0 N–H and O–H groups in total. The number of aromatic nitrogens is 2. The highest BCUT2D eigenvalue weighted by Gasteiger charge is 2.14. The molecule has 0 aliphatic rings. The molecule has 0 spiro atoms. The zero-order valence-corrected chi connectivity index (χ0v) is 11.5. The highest BCUT2D eigenvalue weighted by molar-refractivity contribution is 5.76. The molecule has 3 rings (SSSR count). The molecule has 21 heavy (non-hydrogen) atoms. The SMILES string of the molecule is COc1ccc(-c2nnc(C)o2)cc1-c1ccc(C=O)o1. The summed E-state index contributed by atoms with van der Waals surface area (Å²) in [4.78, 5) is 10.7. The Balaban J connectivity index is 2.11. The minimum Gasteiger partial charge on any atom is -0.496 e. The first-order valence-electron chi connectivity index (χ1n) is 6.25. The van der Waals surface area contributed by atoms with E-state index in [1.54, 1.807) is 32.2 Å². The summed E-state index contributed by atoms with van der Waals surface area (Å²) in [6.45, 7) is 1.73. The highest BCUT2D eigenvalue weighted by atomic mass is 16.5. The van der Waals surface area contributed by atoms with Crippen molar-refractivity contribution in [3.05, 3.63) is 42.0 Å². The van der Waals surface area contributed by atoms with Crippen molar-refractivity contribution in [1.29, 1.82) is 0 Å². The predicted octanol–water partition coefficient (Wildman–Crippen LogP) is 3.13. The first-order chi connectivity index (χ1) is 10.2. The summed E-state index contributed by atoms with van der Waals surface area (Å²) in [5, 5.41) is 7.79. The van der Waals surface area contributed by atoms with Crippen molar-refractivity contribution < 1.29 is 18.4 Å². The third kappa shape index (κ3) is 2.43. The third-order valence-corrected chi connectivity index (χ3v) is 2.98. The van der Waals surface area contributed by atoms with Crippen molar-refractivity contribution >= 4 is 6.29 Å². The molecule has 0 unspecified atom stereocenters. The van der Waals surface area contributed by atoms with Gasteiger partial charge in [0.25, 0.3) is 0 Å². The van der Waals surface area contributed by atoms with Crippen LogP contribution >= 0.6 is 0 Å². The van der Waals surface area contributed by atoms with E-state index in [4.69, 9.17) is 13.6 Å². The van der Waals surface area contributed by atoms with Crippen LogP contribution in [0.25, 0.3) is 22.8 Å². The number of aryl methyl sites for hydroxylation is 1. The minimum absolute atomic E-state index is 0.256. The van der Waals surface area contributed by atoms with Gasteiger partial charge in [-0.25, -0.2) is 0 Å². The highest BCUT2D eigenvalue weighted by Crippen LogP contribution is 2.34. The molecular weight excluding hydrogens is 272 g/mol. The van der Waals surface area contributed by atoms with Crippen molar-refractivity contribution in [2.75, 3.05) is 7.11 Å². The lowest BCUT2D eigenvalue weighted by molar-refractivity contribution is 0.110. The molecule has 0 fully saturated rings. The standard InChI is InChI=1S/C15H12N2O4/c1-9-16-17-15(20-9)10-3-5-13(19-2)12(7-10)14-6-4-11(8-18)21-14/h3-8H,1-2H3. The Labute approximate surface area is 120 Å². The van der Waals surface area contributed by atoms with Crippen molar-refractivity contribution in [2.45, 2.75) is 6.92 Å². The lowest BCUT2D eigenvalue weighted by atomic mass is 10.1. The van der Waals surface area contributed by atoms with Crippen LogP contribution < -0.4 is 4.74 Å². The average molecular weight is 284 g/mol. The number of aldehydes is 1. The van der Waals surface area contributed by atoms with Crippen LogP contribution in [0.15, 0.2) is 39.2 Å². The first-order valence-corrected chi connectivity index (χ1v) is 6.25. The van der Waals surface area contributed by atoms with E-state index in [0.717, 1.165) is 5.56 Å². The average Bonchev–Trinajstić information content (AvgIpc) is 3.15. The van der Waals surface area contributed by atoms with Gasteiger partial charge in [-0.15, -0.1) is 10.2 Å². The Bertz CT molecular complexity index is 789. The molecule has 6 heteroatoms. The number of rotatable bonds is 4. The molecule has 0 aliphatic heterocycles. The van der Waals surface area contributed by atoms with Gasteiger partial charge in [-0.3, -0.25) is 4.79 Å². The molecule has 2 aromatic heterocycles. The normalized spacial score (nSPS) is 10.6. The summed E-state index contributed by atoms with van der Waals surface area (Å²) in [5.74, 6) is 2.32. The fraction of sp³-hybridized carbons (Fsp3) is 0.133. The van der Waals surface area contributed by atoms with Gasteiger partial charge in [0.2, 0.25) is 11.8 Å². The number of nitrogens with zero attached hydrogens (tertiary/aromatic N) is 2. The summed E-state index contributed by atoms with van der Waals surface area (Å²) in [7, 11) is 1.57. The van der Waals surface area contributed by atoms with E-state index in [0.29, 0.717) is 35.1 Å². The maximum atomic E-state index is 10.7. The topological polar surface area (TPSA) is 78.4 Å².